The van der Waals surface area contributed by atoms with Gasteiger partial charge >= 0.3 is 11.9 Å². The summed E-state index contributed by atoms with van der Waals surface area (Å²) in [5, 5.41) is 9.11. The molecule has 2 saturated carbocycles. The standard InChI is InChI=1S/C10H14O4/c1-14-8(13)10-4-2-9(6-10,3-5-10)7(11)12/h2-6H2,1H3,(H,11,12)/t9-,10-. The largest absolute Gasteiger partial charge is 0.481 e. The first kappa shape index (κ1) is 9.49. The highest BCUT2D eigenvalue weighted by atomic mass is 16.5. The summed E-state index contributed by atoms with van der Waals surface area (Å²) in [5.41, 5.74) is -1.11. The second-order valence-electron chi connectivity index (χ2n) is 4.53. The van der Waals surface area contributed by atoms with Crippen LogP contribution in [0.1, 0.15) is 32.1 Å². The lowest BCUT2D eigenvalue weighted by molar-refractivity contribution is -0.152. The highest BCUT2D eigenvalue weighted by molar-refractivity contribution is 5.83. The van der Waals surface area contributed by atoms with Gasteiger partial charge in [0.05, 0.1) is 17.9 Å². The summed E-state index contributed by atoms with van der Waals surface area (Å²) in [7, 11) is 1.37. The van der Waals surface area contributed by atoms with Crippen LogP contribution in [0.5, 0.6) is 0 Å². The quantitative estimate of drug-likeness (QED) is 0.677. The molecule has 0 spiro atoms. The second-order valence-corrected chi connectivity index (χ2v) is 4.53. The van der Waals surface area contributed by atoms with Crippen LogP contribution in [0.4, 0.5) is 0 Å². The molecule has 0 heterocycles. The summed E-state index contributed by atoms with van der Waals surface area (Å²) in [6.07, 6.45) is 3.06. The Bertz CT molecular complexity index is 286. The van der Waals surface area contributed by atoms with Gasteiger partial charge < -0.3 is 9.84 Å². The lowest BCUT2D eigenvalue weighted by Crippen LogP contribution is -2.27. The van der Waals surface area contributed by atoms with Crippen LogP contribution < -0.4 is 0 Å². The molecule has 0 saturated heterocycles. The van der Waals surface area contributed by atoms with E-state index in [9.17, 15) is 9.59 Å². The molecule has 0 radical (unpaired) electrons. The van der Waals surface area contributed by atoms with Gasteiger partial charge in [0.1, 0.15) is 0 Å². The maximum Gasteiger partial charge on any atom is 0.311 e. The number of hydrogen-bond donors (Lipinski definition) is 1. The highest BCUT2D eigenvalue weighted by Gasteiger charge is 2.62. The van der Waals surface area contributed by atoms with Gasteiger partial charge in [0.15, 0.2) is 0 Å². The summed E-state index contributed by atoms with van der Waals surface area (Å²) < 4.78 is 4.75. The molecule has 2 aliphatic rings. The summed E-state index contributed by atoms with van der Waals surface area (Å²) in [5.74, 6) is -0.973. The lowest BCUT2D eigenvalue weighted by Gasteiger charge is -2.23. The maximum absolute atomic E-state index is 11.5. The zero-order valence-corrected chi connectivity index (χ0v) is 8.21. The molecule has 0 amide bonds. The summed E-state index contributed by atoms with van der Waals surface area (Å²) in [4.78, 5) is 22.6. The number of hydrogen-bond acceptors (Lipinski definition) is 3. The van der Waals surface area contributed by atoms with E-state index in [1.54, 1.807) is 0 Å². The Morgan fingerprint density at radius 3 is 2.00 bits per heavy atom. The highest BCUT2D eigenvalue weighted by Crippen LogP contribution is 2.62. The molecule has 4 nitrogen and oxygen atoms in total. The van der Waals surface area contributed by atoms with Gasteiger partial charge in [-0.05, 0) is 32.1 Å². The first-order chi connectivity index (χ1) is 6.55. The van der Waals surface area contributed by atoms with Crippen molar-refractivity contribution in [2.45, 2.75) is 32.1 Å². The molecule has 0 unspecified atom stereocenters. The summed E-state index contributed by atoms with van der Waals surface area (Å²) >= 11 is 0. The average molecular weight is 198 g/mol. The zero-order chi connectivity index (χ0) is 10.4. The van der Waals surface area contributed by atoms with Crippen molar-refractivity contribution < 1.29 is 19.4 Å². The van der Waals surface area contributed by atoms with Gasteiger partial charge in [-0.1, -0.05) is 0 Å². The number of methoxy groups -OCH3 is 1. The average Bonchev–Trinajstić information content (AvgIpc) is 2.74. The number of rotatable bonds is 2. The SMILES string of the molecule is COC(=O)[C@]12CC[C@@](C(=O)O)(CC1)C2. The topological polar surface area (TPSA) is 63.6 Å². The van der Waals surface area contributed by atoms with Crippen molar-refractivity contribution in [1.29, 1.82) is 0 Å². The number of aliphatic carboxylic acids is 1. The fraction of sp³-hybridized carbons (Fsp3) is 0.800. The molecule has 0 aromatic carbocycles. The molecule has 78 valence electrons. The Labute approximate surface area is 82.2 Å². The Morgan fingerprint density at radius 2 is 1.64 bits per heavy atom. The van der Waals surface area contributed by atoms with Gasteiger partial charge in [0.25, 0.3) is 0 Å². The van der Waals surface area contributed by atoms with Gasteiger partial charge in [0, 0.05) is 0 Å². The fourth-order valence-electron chi connectivity index (χ4n) is 2.99. The Hall–Kier alpha value is -1.06. The smallest absolute Gasteiger partial charge is 0.311 e. The van der Waals surface area contributed by atoms with Crippen LogP contribution in [-0.4, -0.2) is 24.2 Å². The van der Waals surface area contributed by atoms with E-state index < -0.39 is 16.8 Å². The molecule has 2 aliphatic carbocycles. The minimum atomic E-state index is -0.749. The monoisotopic (exact) mass is 198 g/mol. The van der Waals surface area contributed by atoms with E-state index in [0.717, 1.165) is 0 Å². The first-order valence-electron chi connectivity index (χ1n) is 4.87. The zero-order valence-electron chi connectivity index (χ0n) is 8.21. The van der Waals surface area contributed by atoms with Crippen LogP contribution in [0.2, 0.25) is 0 Å². The second kappa shape index (κ2) is 2.72. The molecule has 2 fully saturated rings. The van der Waals surface area contributed by atoms with Crippen LogP contribution in [0.3, 0.4) is 0 Å². The number of carbonyl (C=O) groups is 2. The van der Waals surface area contributed by atoms with E-state index in [1.165, 1.54) is 7.11 Å². The normalized spacial score (nSPS) is 39.8. The van der Waals surface area contributed by atoms with Gasteiger partial charge in [-0.3, -0.25) is 9.59 Å². The van der Waals surface area contributed by atoms with Crippen LogP contribution in [0.25, 0.3) is 0 Å². The first-order valence-corrected chi connectivity index (χ1v) is 4.87. The molecular formula is C10H14O4. The predicted octanol–water partition coefficient (Wildman–Crippen LogP) is 1.19. The van der Waals surface area contributed by atoms with Crippen LogP contribution >= 0.6 is 0 Å². The predicted molar refractivity (Wildman–Crippen MR) is 47.6 cm³/mol. The molecule has 0 atom stereocenters. The number of carboxylic acid groups (broad SMARTS) is 1. The van der Waals surface area contributed by atoms with Crippen molar-refractivity contribution in [2.24, 2.45) is 10.8 Å². The molecule has 0 aromatic rings. The van der Waals surface area contributed by atoms with Crippen molar-refractivity contribution in [3.8, 4) is 0 Å². The van der Waals surface area contributed by atoms with Gasteiger partial charge in [0.2, 0.25) is 0 Å². The molecule has 2 bridgehead atoms. The Kier molecular flexibility index (Phi) is 1.84. The van der Waals surface area contributed by atoms with Crippen LogP contribution in [-0.2, 0) is 14.3 Å². The van der Waals surface area contributed by atoms with Gasteiger partial charge in [-0.2, -0.15) is 0 Å². The van der Waals surface area contributed by atoms with E-state index in [4.69, 9.17) is 9.84 Å². The van der Waals surface area contributed by atoms with E-state index in [2.05, 4.69) is 0 Å². The molecule has 1 N–H and O–H groups in total. The van der Waals surface area contributed by atoms with Crippen molar-refractivity contribution in [1.82, 2.24) is 0 Å². The molecule has 4 heteroatoms. The number of fused-ring (bicyclic) bond motifs is 2. The summed E-state index contributed by atoms with van der Waals surface area (Å²) in [6, 6.07) is 0. The lowest BCUT2D eigenvalue weighted by atomic mass is 9.82. The molecular weight excluding hydrogens is 184 g/mol. The minimum absolute atomic E-state index is 0.224. The van der Waals surface area contributed by atoms with E-state index in [-0.39, 0.29) is 5.97 Å². The van der Waals surface area contributed by atoms with Crippen molar-refractivity contribution >= 4 is 11.9 Å². The number of carbonyl (C=O) groups excluding carboxylic acids is 1. The fourth-order valence-corrected chi connectivity index (χ4v) is 2.99. The van der Waals surface area contributed by atoms with E-state index in [0.29, 0.717) is 32.1 Å². The van der Waals surface area contributed by atoms with E-state index in [1.807, 2.05) is 0 Å². The van der Waals surface area contributed by atoms with Crippen molar-refractivity contribution in [3.05, 3.63) is 0 Å². The van der Waals surface area contributed by atoms with Gasteiger partial charge in [-0.25, -0.2) is 0 Å². The maximum atomic E-state index is 11.5. The summed E-state index contributed by atoms with van der Waals surface area (Å²) in [6.45, 7) is 0. The Morgan fingerprint density at radius 1 is 1.14 bits per heavy atom. The Balaban J connectivity index is 2.24. The van der Waals surface area contributed by atoms with Crippen LogP contribution in [0, 0.1) is 10.8 Å². The number of esters is 1. The minimum Gasteiger partial charge on any atom is -0.481 e. The number of ether oxygens (including phenoxy) is 1. The number of carboxylic acids is 1. The third-order valence-corrected chi connectivity index (χ3v) is 3.91. The molecule has 2 rings (SSSR count). The molecule has 14 heavy (non-hydrogen) atoms. The third-order valence-electron chi connectivity index (χ3n) is 3.91. The van der Waals surface area contributed by atoms with E-state index >= 15 is 0 Å². The van der Waals surface area contributed by atoms with Crippen LogP contribution in [0.15, 0.2) is 0 Å². The van der Waals surface area contributed by atoms with Crippen molar-refractivity contribution in [3.63, 3.8) is 0 Å². The van der Waals surface area contributed by atoms with Gasteiger partial charge in [-0.15, -0.1) is 0 Å². The van der Waals surface area contributed by atoms with Crippen molar-refractivity contribution in [2.75, 3.05) is 7.11 Å². The third kappa shape index (κ3) is 0.996. The molecule has 0 aliphatic heterocycles. The molecule has 0 aromatic heterocycles.